The Hall–Kier alpha value is -2.90. The highest BCUT2D eigenvalue weighted by atomic mass is 16.5. The Morgan fingerprint density at radius 3 is 2.59 bits per heavy atom. The molecule has 1 fully saturated rings. The Morgan fingerprint density at radius 1 is 1.32 bits per heavy atom. The van der Waals surface area contributed by atoms with Crippen molar-refractivity contribution in [2.75, 3.05) is 7.11 Å². The number of carboxylic acids is 1. The summed E-state index contributed by atoms with van der Waals surface area (Å²) < 4.78 is 5.10. The SMILES string of the molecule is COc1ccc(C2CC(=O)NN/C2=N\N=C(\C)C(=O)O)cc1. The number of hydrogen-bond donors (Lipinski definition) is 3. The third-order valence-corrected chi connectivity index (χ3v) is 3.18. The molecular weight excluding hydrogens is 288 g/mol. The van der Waals surface area contributed by atoms with Crippen molar-refractivity contribution >= 4 is 23.4 Å². The second kappa shape index (κ2) is 6.70. The number of rotatable bonds is 4. The highest BCUT2D eigenvalue weighted by Crippen LogP contribution is 2.24. The summed E-state index contributed by atoms with van der Waals surface area (Å²) in [5.74, 6) is -0.575. The van der Waals surface area contributed by atoms with Crippen molar-refractivity contribution in [3.8, 4) is 5.75 Å². The van der Waals surface area contributed by atoms with Crippen LogP contribution in [0.3, 0.4) is 0 Å². The first-order valence-corrected chi connectivity index (χ1v) is 6.55. The van der Waals surface area contributed by atoms with Crippen LogP contribution in [0, 0.1) is 0 Å². The molecule has 1 saturated heterocycles. The van der Waals surface area contributed by atoms with E-state index >= 15 is 0 Å². The van der Waals surface area contributed by atoms with Crippen molar-refractivity contribution in [2.24, 2.45) is 10.2 Å². The number of ether oxygens (including phenoxy) is 1. The van der Waals surface area contributed by atoms with Crippen molar-refractivity contribution in [3.63, 3.8) is 0 Å². The number of carbonyl (C=O) groups is 2. The van der Waals surface area contributed by atoms with E-state index in [-0.39, 0.29) is 24.0 Å². The molecular formula is C14H16N4O4. The van der Waals surface area contributed by atoms with Crippen LogP contribution in [0.2, 0.25) is 0 Å². The Bertz CT molecular complexity index is 637. The van der Waals surface area contributed by atoms with Gasteiger partial charge in [0.1, 0.15) is 11.5 Å². The molecule has 8 heteroatoms. The van der Waals surface area contributed by atoms with Crippen molar-refractivity contribution in [2.45, 2.75) is 19.3 Å². The third-order valence-electron chi connectivity index (χ3n) is 3.18. The minimum atomic E-state index is -1.15. The van der Waals surface area contributed by atoms with Crippen LogP contribution in [0.1, 0.15) is 24.8 Å². The Labute approximate surface area is 126 Å². The highest BCUT2D eigenvalue weighted by molar-refractivity contribution is 6.34. The summed E-state index contributed by atoms with van der Waals surface area (Å²) in [6.45, 7) is 1.34. The van der Waals surface area contributed by atoms with Crippen molar-refractivity contribution in [3.05, 3.63) is 29.8 Å². The molecule has 2 rings (SSSR count). The molecule has 0 bridgehead atoms. The zero-order valence-corrected chi connectivity index (χ0v) is 12.2. The molecule has 116 valence electrons. The normalized spacial score (nSPS) is 20.3. The van der Waals surface area contributed by atoms with Crippen molar-refractivity contribution in [1.82, 2.24) is 10.9 Å². The first-order valence-electron chi connectivity index (χ1n) is 6.55. The Balaban J connectivity index is 2.30. The van der Waals surface area contributed by atoms with Gasteiger partial charge in [-0.05, 0) is 24.6 Å². The van der Waals surface area contributed by atoms with E-state index in [4.69, 9.17) is 9.84 Å². The molecule has 1 aliphatic heterocycles. The lowest BCUT2D eigenvalue weighted by atomic mass is 9.93. The monoisotopic (exact) mass is 304 g/mol. The van der Waals surface area contributed by atoms with E-state index in [1.807, 2.05) is 12.1 Å². The van der Waals surface area contributed by atoms with Crippen LogP contribution in [-0.4, -0.2) is 35.6 Å². The number of nitrogens with one attached hydrogen (secondary N) is 2. The van der Waals surface area contributed by atoms with Gasteiger partial charge in [0.15, 0.2) is 5.84 Å². The van der Waals surface area contributed by atoms with E-state index in [1.165, 1.54) is 6.92 Å². The van der Waals surface area contributed by atoms with E-state index in [0.29, 0.717) is 11.6 Å². The largest absolute Gasteiger partial charge is 0.497 e. The Kier molecular flexibility index (Phi) is 4.72. The average Bonchev–Trinajstić information content (AvgIpc) is 2.53. The van der Waals surface area contributed by atoms with E-state index in [9.17, 15) is 9.59 Å². The second-order valence-corrected chi connectivity index (χ2v) is 4.68. The number of benzene rings is 1. The first-order chi connectivity index (χ1) is 10.5. The van der Waals surface area contributed by atoms with Crippen LogP contribution in [0.15, 0.2) is 34.5 Å². The molecule has 22 heavy (non-hydrogen) atoms. The maximum absolute atomic E-state index is 11.6. The molecule has 0 spiro atoms. The molecule has 1 aromatic rings. The quantitative estimate of drug-likeness (QED) is 0.559. The fourth-order valence-corrected chi connectivity index (χ4v) is 1.93. The molecule has 1 atom stereocenters. The maximum Gasteiger partial charge on any atom is 0.351 e. The predicted octanol–water partition coefficient (Wildman–Crippen LogP) is 0.662. The number of hydrogen-bond acceptors (Lipinski definition) is 5. The zero-order valence-electron chi connectivity index (χ0n) is 12.2. The fraction of sp³-hybridized carbons (Fsp3) is 0.286. The number of aliphatic carboxylic acids is 1. The first kappa shape index (κ1) is 15.5. The topological polar surface area (TPSA) is 112 Å². The van der Waals surface area contributed by atoms with Gasteiger partial charge in [0.2, 0.25) is 5.91 Å². The van der Waals surface area contributed by atoms with Gasteiger partial charge >= 0.3 is 5.97 Å². The predicted molar refractivity (Wildman–Crippen MR) is 79.8 cm³/mol. The van der Waals surface area contributed by atoms with Crippen molar-refractivity contribution in [1.29, 1.82) is 0 Å². The molecule has 0 aromatic heterocycles. The summed E-state index contributed by atoms with van der Waals surface area (Å²) in [5.41, 5.74) is 5.82. The summed E-state index contributed by atoms with van der Waals surface area (Å²) in [6.07, 6.45) is 0.194. The van der Waals surface area contributed by atoms with Crippen LogP contribution < -0.4 is 15.6 Å². The molecule has 0 aliphatic carbocycles. The van der Waals surface area contributed by atoms with Gasteiger partial charge in [-0.15, -0.1) is 10.2 Å². The summed E-state index contributed by atoms with van der Waals surface area (Å²) in [5, 5.41) is 16.3. The molecule has 1 aliphatic rings. The van der Waals surface area contributed by atoms with Gasteiger partial charge < -0.3 is 9.84 Å². The molecule has 1 aromatic carbocycles. The number of nitrogens with zero attached hydrogens (tertiary/aromatic N) is 2. The second-order valence-electron chi connectivity index (χ2n) is 4.68. The highest BCUT2D eigenvalue weighted by Gasteiger charge is 2.27. The lowest BCUT2D eigenvalue weighted by Gasteiger charge is -2.25. The molecule has 1 amide bonds. The van der Waals surface area contributed by atoms with E-state index in [0.717, 1.165) is 5.56 Å². The number of amidine groups is 1. The van der Waals surface area contributed by atoms with E-state index < -0.39 is 5.97 Å². The standard InChI is InChI=1S/C14H16N4O4/c1-8(14(20)21)15-17-13-11(7-12(19)16-18-13)9-3-5-10(22-2)6-4-9/h3-6,11H,7H2,1-2H3,(H,16,19)(H,17,18)(H,20,21)/b15-8-. The van der Waals surface area contributed by atoms with Crippen molar-refractivity contribution < 1.29 is 19.4 Å². The molecule has 8 nitrogen and oxygen atoms in total. The summed E-state index contributed by atoms with van der Waals surface area (Å²) in [7, 11) is 1.57. The van der Waals surface area contributed by atoms with Crippen LogP contribution >= 0.6 is 0 Å². The fourth-order valence-electron chi connectivity index (χ4n) is 1.93. The number of hydrazine groups is 1. The van der Waals surface area contributed by atoms with Crippen LogP contribution in [0.25, 0.3) is 0 Å². The number of amides is 1. The minimum Gasteiger partial charge on any atom is -0.497 e. The van der Waals surface area contributed by atoms with Gasteiger partial charge in [0.05, 0.1) is 13.0 Å². The number of carbonyl (C=O) groups excluding carboxylic acids is 1. The number of carboxylic acid groups (broad SMARTS) is 1. The van der Waals surface area contributed by atoms with E-state index in [2.05, 4.69) is 21.1 Å². The van der Waals surface area contributed by atoms with Gasteiger partial charge in [-0.2, -0.15) is 0 Å². The molecule has 0 saturated carbocycles. The van der Waals surface area contributed by atoms with Crippen LogP contribution in [0.5, 0.6) is 5.75 Å². The lowest BCUT2D eigenvalue weighted by molar-refractivity contribution is -0.129. The van der Waals surface area contributed by atoms with Crippen LogP contribution in [-0.2, 0) is 9.59 Å². The van der Waals surface area contributed by atoms with Gasteiger partial charge in [-0.25, -0.2) is 4.79 Å². The smallest absolute Gasteiger partial charge is 0.351 e. The average molecular weight is 304 g/mol. The lowest BCUT2D eigenvalue weighted by Crippen LogP contribution is -2.50. The van der Waals surface area contributed by atoms with Gasteiger partial charge in [-0.1, -0.05) is 12.1 Å². The van der Waals surface area contributed by atoms with E-state index in [1.54, 1.807) is 19.2 Å². The Morgan fingerprint density at radius 2 is 2.00 bits per heavy atom. The van der Waals surface area contributed by atoms with Gasteiger partial charge in [0.25, 0.3) is 0 Å². The minimum absolute atomic E-state index is 0.139. The molecule has 1 heterocycles. The van der Waals surface area contributed by atoms with Gasteiger partial charge in [0, 0.05) is 6.42 Å². The maximum atomic E-state index is 11.6. The van der Waals surface area contributed by atoms with Gasteiger partial charge in [-0.3, -0.25) is 15.6 Å². The third kappa shape index (κ3) is 3.60. The van der Waals surface area contributed by atoms with Crippen LogP contribution in [0.4, 0.5) is 0 Å². The molecule has 3 N–H and O–H groups in total. The summed E-state index contributed by atoms with van der Waals surface area (Å²) in [4.78, 5) is 22.3. The molecule has 1 unspecified atom stereocenters. The zero-order chi connectivity index (χ0) is 16.1. The number of methoxy groups -OCH3 is 1. The summed E-state index contributed by atoms with van der Waals surface area (Å²) in [6, 6.07) is 7.22. The summed E-state index contributed by atoms with van der Waals surface area (Å²) >= 11 is 0. The molecule has 0 radical (unpaired) electrons.